The van der Waals surface area contributed by atoms with Crippen LogP contribution in [0.5, 0.6) is 5.75 Å². The third-order valence-electron chi connectivity index (χ3n) is 3.14. The van der Waals surface area contributed by atoms with Gasteiger partial charge in [0.15, 0.2) is 18.2 Å². The van der Waals surface area contributed by atoms with E-state index in [-0.39, 0.29) is 12.3 Å². The van der Waals surface area contributed by atoms with Crippen LogP contribution in [0.3, 0.4) is 0 Å². The number of carbonyl (C=O) groups is 2. The molecule has 1 aliphatic heterocycles. The number of halogens is 2. The highest BCUT2D eigenvalue weighted by Crippen LogP contribution is 2.19. The highest BCUT2D eigenvalue weighted by molar-refractivity contribution is 5.80. The Labute approximate surface area is 113 Å². The van der Waals surface area contributed by atoms with Crippen LogP contribution in [0.25, 0.3) is 0 Å². The second-order valence-corrected chi connectivity index (χ2v) is 4.53. The molecule has 1 saturated heterocycles. The molecule has 7 heteroatoms. The Balaban J connectivity index is 1.88. The molecule has 1 aliphatic rings. The minimum absolute atomic E-state index is 0.128. The zero-order valence-electron chi connectivity index (χ0n) is 10.5. The molecule has 0 aliphatic carbocycles. The Morgan fingerprint density at radius 1 is 1.40 bits per heavy atom. The van der Waals surface area contributed by atoms with Gasteiger partial charge in [0.2, 0.25) is 0 Å². The number of aliphatic carboxylic acids is 1. The number of hydrogen-bond donors (Lipinski definition) is 1. The lowest BCUT2D eigenvalue weighted by Crippen LogP contribution is -2.33. The van der Waals surface area contributed by atoms with Crippen LogP contribution >= 0.6 is 0 Å². The molecule has 0 saturated carbocycles. The third-order valence-corrected chi connectivity index (χ3v) is 3.14. The number of likely N-dealkylation sites (tertiary alicyclic amines) is 1. The van der Waals surface area contributed by atoms with Crippen LogP contribution in [0, 0.1) is 17.6 Å². The first kappa shape index (κ1) is 14.2. The molecular weight excluding hydrogens is 272 g/mol. The monoisotopic (exact) mass is 285 g/mol. The van der Waals surface area contributed by atoms with Crippen LogP contribution in [0.4, 0.5) is 8.78 Å². The van der Waals surface area contributed by atoms with Gasteiger partial charge in [-0.2, -0.15) is 0 Å². The summed E-state index contributed by atoms with van der Waals surface area (Å²) in [6.45, 7) is 0.0589. The van der Waals surface area contributed by atoms with Gasteiger partial charge in [0, 0.05) is 19.2 Å². The Hall–Kier alpha value is -2.18. The Morgan fingerprint density at radius 3 is 2.75 bits per heavy atom. The van der Waals surface area contributed by atoms with Crippen molar-refractivity contribution in [3.8, 4) is 5.75 Å². The van der Waals surface area contributed by atoms with Crippen LogP contribution in [0.1, 0.15) is 6.42 Å². The van der Waals surface area contributed by atoms with E-state index < -0.39 is 36.0 Å². The maximum absolute atomic E-state index is 13.3. The Kier molecular flexibility index (Phi) is 4.16. The second kappa shape index (κ2) is 5.85. The number of amides is 1. The summed E-state index contributed by atoms with van der Waals surface area (Å²) in [5, 5.41) is 8.83. The van der Waals surface area contributed by atoms with Gasteiger partial charge in [-0.15, -0.1) is 0 Å². The minimum Gasteiger partial charge on any atom is -0.481 e. The SMILES string of the molecule is O=C(O)[C@H]1CCN(C(=O)COc2ccc(F)cc2F)C1. The number of ether oxygens (including phenoxy) is 1. The second-order valence-electron chi connectivity index (χ2n) is 4.53. The van der Waals surface area contributed by atoms with Gasteiger partial charge < -0.3 is 14.7 Å². The molecule has 5 nitrogen and oxygen atoms in total. The Morgan fingerprint density at radius 2 is 2.15 bits per heavy atom. The molecule has 1 atom stereocenters. The fourth-order valence-corrected chi connectivity index (χ4v) is 2.01. The zero-order valence-corrected chi connectivity index (χ0v) is 10.5. The van der Waals surface area contributed by atoms with Gasteiger partial charge >= 0.3 is 5.97 Å². The summed E-state index contributed by atoms with van der Waals surface area (Å²) >= 11 is 0. The van der Waals surface area contributed by atoms with Gasteiger partial charge in [-0.25, -0.2) is 8.78 Å². The van der Waals surface area contributed by atoms with Gasteiger partial charge in [0.05, 0.1) is 5.92 Å². The first-order valence-electron chi connectivity index (χ1n) is 6.06. The van der Waals surface area contributed by atoms with Crippen molar-refractivity contribution in [1.29, 1.82) is 0 Å². The fourth-order valence-electron chi connectivity index (χ4n) is 2.01. The summed E-state index contributed by atoms with van der Waals surface area (Å²) < 4.78 is 30.9. The van der Waals surface area contributed by atoms with E-state index in [1.54, 1.807) is 0 Å². The first-order chi connectivity index (χ1) is 9.47. The standard InChI is InChI=1S/C13H13F2NO4/c14-9-1-2-11(10(15)5-9)20-7-12(17)16-4-3-8(6-16)13(18)19/h1-2,5,8H,3-4,6-7H2,(H,18,19)/t8-/m0/s1. The molecule has 1 heterocycles. The molecule has 108 valence electrons. The molecule has 1 amide bonds. The van der Waals surface area contributed by atoms with E-state index in [0.717, 1.165) is 12.1 Å². The molecule has 20 heavy (non-hydrogen) atoms. The third kappa shape index (κ3) is 3.23. The van der Waals surface area contributed by atoms with Crippen LogP contribution in [0.2, 0.25) is 0 Å². The largest absolute Gasteiger partial charge is 0.481 e. The predicted octanol–water partition coefficient (Wildman–Crippen LogP) is 1.28. The van der Waals surface area contributed by atoms with Crippen molar-refractivity contribution in [3.63, 3.8) is 0 Å². The van der Waals surface area contributed by atoms with Gasteiger partial charge in [-0.3, -0.25) is 9.59 Å². The molecule has 1 fully saturated rings. The molecule has 1 aromatic rings. The van der Waals surface area contributed by atoms with Crippen molar-refractivity contribution < 1.29 is 28.2 Å². The molecule has 1 N–H and O–H groups in total. The highest BCUT2D eigenvalue weighted by atomic mass is 19.1. The molecule has 0 bridgehead atoms. The lowest BCUT2D eigenvalue weighted by atomic mass is 10.1. The summed E-state index contributed by atoms with van der Waals surface area (Å²) in [6, 6.07) is 2.79. The molecular formula is C13H13F2NO4. The average Bonchev–Trinajstić information content (AvgIpc) is 2.87. The molecule has 0 radical (unpaired) electrons. The molecule has 0 unspecified atom stereocenters. The maximum atomic E-state index is 13.3. The highest BCUT2D eigenvalue weighted by Gasteiger charge is 2.30. The van der Waals surface area contributed by atoms with Crippen LogP contribution in [0.15, 0.2) is 18.2 Å². The maximum Gasteiger partial charge on any atom is 0.308 e. The normalized spacial score (nSPS) is 18.1. The summed E-state index contributed by atoms with van der Waals surface area (Å²) in [6.07, 6.45) is 0.395. The molecule has 2 rings (SSSR count). The van der Waals surface area contributed by atoms with E-state index in [1.165, 1.54) is 4.90 Å². The predicted molar refractivity (Wildman–Crippen MR) is 64.2 cm³/mol. The zero-order chi connectivity index (χ0) is 14.7. The topological polar surface area (TPSA) is 66.8 Å². The lowest BCUT2D eigenvalue weighted by Gasteiger charge is -2.16. The number of hydrogen-bond acceptors (Lipinski definition) is 3. The summed E-state index contributed by atoms with van der Waals surface area (Å²) in [4.78, 5) is 23.9. The minimum atomic E-state index is -0.939. The number of nitrogens with zero attached hydrogens (tertiary/aromatic N) is 1. The van der Waals surface area contributed by atoms with Gasteiger partial charge in [0.1, 0.15) is 5.82 Å². The molecule has 1 aromatic carbocycles. The number of carboxylic acids is 1. The summed E-state index contributed by atoms with van der Waals surface area (Å²) in [5.41, 5.74) is 0. The van der Waals surface area contributed by atoms with Gasteiger partial charge in [0.25, 0.3) is 5.91 Å². The lowest BCUT2D eigenvalue weighted by molar-refractivity contribution is -0.141. The van der Waals surface area contributed by atoms with E-state index in [1.807, 2.05) is 0 Å². The Bertz CT molecular complexity index is 535. The molecule has 0 aromatic heterocycles. The summed E-state index contributed by atoms with van der Waals surface area (Å²) in [5.74, 6) is -3.76. The van der Waals surface area contributed by atoms with Crippen LogP contribution in [-0.4, -0.2) is 41.6 Å². The van der Waals surface area contributed by atoms with Crippen molar-refractivity contribution in [2.24, 2.45) is 5.92 Å². The number of carboxylic acid groups (broad SMARTS) is 1. The van der Waals surface area contributed by atoms with Crippen molar-refractivity contribution in [2.45, 2.75) is 6.42 Å². The van der Waals surface area contributed by atoms with E-state index in [9.17, 15) is 18.4 Å². The van der Waals surface area contributed by atoms with E-state index in [0.29, 0.717) is 19.0 Å². The first-order valence-corrected chi connectivity index (χ1v) is 6.06. The van der Waals surface area contributed by atoms with Crippen LogP contribution < -0.4 is 4.74 Å². The van der Waals surface area contributed by atoms with E-state index >= 15 is 0 Å². The van der Waals surface area contributed by atoms with Crippen molar-refractivity contribution in [1.82, 2.24) is 4.90 Å². The number of carbonyl (C=O) groups excluding carboxylic acids is 1. The number of rotatable bonds is 4. The van der Waals surface area contributed by atoms with Gasteiger partial charge in [-0.1, -0.05) is 0 Å². The van der Waals surface area contributed by atoms with Gasteiger partial charge in [-0.05, 0) is 18.6 Å². The average molecular weight is 285 g/mol. The van der Waals surface area contributed by atoms with Crippen molar-refractivity contribution in [3.05, 3.63) is 29.8 Å². The van der Waals surface area contributed by atoms with Crippen molar-refractivity contribution >= 4 is 11.9 Å². The quantitative estimate of drug-likeness (QED) is 0.905. The van der Waals surface area contributed by atoms with E-state index in [2.05, 4.69) is 0 Å². The van der Waals surface area contributed by atoms with Crippen molar-refractivity contribution in [2.75, 3.05) is 19.7 Å². The number of benzene rings is 1. The smallest absolute Gasteiger partial charge is 0.308 e. The fraction of sp³-hybridized carbons (Fsp3) is 0.385. The summed E-state index contributed by atoms with van der Waals surface area (Å²) in [7, 11) is 0. The van der Waals surface area contributed by atoms with Crippen LogP contribution in [-0.2, 0) is 9.59 Å². The van der Waals surface area contributed by atoms with E-state index in [4.69, 9.17) is 9.84 Å². The molecule has 0 spiro atoms.